The fourth-order valence-corrected chi connectivity index (χ4v) is 4.50. The molecule has 0 aromatic heterocycles. The van der Waals surface area contributed by atoms with E-state index in [0.29, 0.717) is 19.1 Å². The van der Waals surface area contributed by atoms with Crippen molar-refractivity contribution >= 4 is 23.8 Å². The van der Waals surface area contributed by atoms with Gasteiger partial charge in [0, 0.05) is 50.5 Å². The van der Waals surface area contributed by atoms with Gasteiger partial charge in [0.05, 0.1) is 20.3 Å². The number of carbonyl (C=O) groups is 1. The molecule has 2 aliphatic rings. The Morgan fingerprint density at radius 2 is 1.81 bits per heavy atom. The highest BCUT2D eigenvalue weighted by molar-refractivity contribution is 6.00. The Bertz CT molecular complexity index is 1040. The average molecular weight is 492 g/mol. The molecule has 2 aromatic rings. The zero-order chi connectivity index (χ0) is 25.3. The van der Waals surface area contributed by atoms with E-state index in [-0.39, 0.29) is 17.9 Å². The highest BCUT2D eigenvalue weighted by Gasteiger charge is 2.26. The number of esters is 1. The number of ether oxygens (including phenoxy) is 2. The molecule has 1 N–H and O–H groups in total. The highest BCUT2D eigenvalue weighted by atomic mass is 16.5. The number of rotatable bonds is 9. The summed E-state index contributed by atoms with van der Waals surface area (Å²) in [5.74, 6) is 1.55. The summed E-state index contributed by atoms with van der Waals surface area (Å²) in [6, 6.07) is 16.4. The molecule has 0 aliphatic carbocycles. The van der Waals surface area contributed by atoms with Crippen molar-refractivity contribution in [2.45, 2.75) is 32.2 Å². The smallest absolute Gasteiger partial charge is 0.323 e. The predicted molar refractivity (Wildman–Crippen MR) is 144 cm³/mol. The van der Waals surface area contributed by atoms with E-state index in [4.69, 9.17) is 9.47 Å². The Balaban J connectivity index is 1.19. The van der Waals surface area contributed by atoms with Gasteiger partial charge in [0.15, 0.2) is 0 Å². The van der Waals surface area contributed by atoms with Gasteiger partial charge in [-0.25, -0.2) is 4.99 Å². The molecule has 8 nitrogen and oxygen atoms in total. The number of guanidine groups is 1. The van der Waals surface area contributed by atoms with E-state index >= 15 is 0 Å². The number of hydrogen-bond acceptors (Lipinski definition) is 8. The molecule has 8 heteroatoms. The third-order valence-corrected chi connectivity index (χ3v) is 6.87. The summed E-state index contributed by atoms with van der Waals surface area (Å²) in [6.45, 7) is 9.63. The van der Waals surface area contributed by atoms with Crippen LogP contribution in [0.15, 0.2) is 58.5 Å². The van der Waals surface area contributed by atoms with E-state index in [2.05, 4.69) is 61.5 Å². The van der Waals surface area contributed by atoms with Crippen LogP contribution in [0.5, 0.6) is 5.75 Å². The molecule has 0 radical (unpaired) electrons. The summed E-state index contributed by atoms with van der Waals surface area (Å²) in [7, 11) is 1.67. The normalized spacial score (nSPS) is 19.4. The minimum absolute atomic E-state index is 0.124. The standard InChI is InChI=1S/C28H37N5O3/c1-4-36-27(34)21(2)33-17-15-32(16-18-33)14-13-22-5-9-25(10-6-22)31-28-29-19-24(20-30-28)23-7-11-26(35-3)12-8-23/h5-12,19,21,24H,4,13-18,20H2,1-3H3,(H,30,31). The van der Waals surface area contributed by atoms with Crippen LogP contribution in [0.25, 0.3) is 0 Å². The molecule has 1 saturated heterocycles. The summed E-state index contributed by atoms with van der Waals surface area (Å²) >= 11 is 0. The first kappa shape index (κ1) is 25.9. The van der Waals surface area contributed by atoms with Gasteiger partial charge in [-0.05, 0) is 55.7 Å². The van der Waals surface area contributed by atoms with Crippen LogP contribution in [0.2, 0.25) is 0 Å². The molecule has 2 heterocycles. The SMILES string of the molecule is CCOC(=O)C(C)N1CCN(CCc2ccc(NC3=NCC(c4ccc(OC)cc4)C=N3)cc2)CC1. The van der Waals surface area contributed by atoms with E-state index in [1.54, 1.807) is 7.11 Å². The third kappa shape index (κ3) is 6.92. The van der Waals surface area contributed by atoms with Crippen molar-refractivity contribution in [2.75, 3.05) is 58.3 Å². The number of hydrogen-bond donors (Lipinski definition) is 1. The largest absolute Gasteiger partial charge is 0.497 e. The number of anilines is 1. The third-order valence-electron chi connectivity index (χ3n) is 6.87. The molecule has 0 bridgehead atoms. The molecule has 192 valence electrons. The quantitative estimate of drug-likeness (QED) is 0.542. The van der Waals surface area contributed by atoms with E-state index in [9.17, 15) is 4.79 Å². The zero-order valence-electron chi connectivity index (χ0n) is 21.5. The maximum Gasteiger partial charge on any atom is 0.323 e. The number of nitrogens with one attached hydrogen (secondary N) is 1. The first-order chi connectivity index (χ1) is 17.6. The van der Waals surface area contributed by atoms with Crippen LogP contribution < -0.4 is 10.1 Å². The van der Waals surface area contributed by atoms with Gasteiger partial charge >= 0.3 is 5.97 Å². The highest BCUT2D eigenvalue weighted by Crippen LogP contribution is 2.21. The summed E-state index contributed by atoms with van der Waals surface area (Å²) in [5.41, 5.74) is 3.47. The number of aliphatic imine (C=N–C) groups is 2. The van der Waals surface area contributed by atoms with Crippen molar-refractivity contribution in [3.8, 4) is 5.75 Å². The van der Waals surface area contributed by atoms with Crippen LogP contribution in [0.1, 0.15) is 30.9 Å². The maximum atomic E-state index is 12.0. The molecule has 0 spiro atoms. The Kier molecular flexibility index (Phi) is 9.08. The van der Waals surface area contributed by atoms with Gasteiger partial charge in [0.25, 0.3) is 0 Å². The van der Waals surface area contributed by atoms with Crippen LogP contribution in [0.3, 0.4) is 0 Å². The van der Waals surface area contributed by atoms with Crippen LogP contribution in [0, 0.1) is 0 Å². The second-order valence-electron chi connectivity index (χ2n) is 9.20. The van der Waals surface area contributed by atoms with Gasteiger partial charge in [0.1, 0.15) is 11.8 Å². The average Bonchev–Trinajstić information content (AvgIpc) is 2.93. The van der Waals surface area contributed by atoms with E-state index in [1.807, 2.05) is 32.2 Å². The molecule has 2 aromatic carbocycles. The Morgan fingerprint density at radius 3 is 2.42 bits per heavy atom. The van der Waals surface area contributed by atoms with Gasteiger partial charge in [-0.3, -0.25) is 14.7 Å². The fraction of sp³-hybridized carbons (Fsp3) is 0.464. The number of carbonyl (C=O) groups excluding carboxylic acids is 1. The number of nitrogens with zero attached hydrogens (tertiary/aromatic N) is 4. The van der Waals surface area contributed by atoms with Crippen molar-refractivity contribution in [2.24, 2.45) is 9.98 Å². The molecule has 2 aliphatic heterocycles. The van der Waals surface area contributed by atoms with Gasteiger partial charge in [0.2, 0.25) is 5.96 Å². The minimum atomic E-state index is -0.168. The lowest BCUT2D eigenvalue weighted by atomic mass is 10.00. The molecule has 4 rings (SSSR count). The molecule has 2 atom stereocenters. The van der Waals surface area contributed by atoms with E-state index < -0.39 is 0 Å². The number of benzene rings is 2. The van der Waals surface area contributed by atoms with Crippen molar-refractivity contribution in [1.82, 2.24) is 9.80 Å². The summed E-state index contributed by atoms with van der Waals surface area (Å²) < 4.78 is 10.4. The first-order valence-corrected chi connectivity index (χ1v) is 12.8. The van der Waals surface area contributed by atoms with Crippen LogP contribution in [-0.4, -0.2) is 87.0 Å². The van der Waals surface area contributed by atoms with Gasteiger partial charge in [-0.15, -0.1) is 0 Å². The van der Waals surface area contributed by atoms with Crippen molar-refractivity contribution in [3.05, 3.63) is 59.7 Å². The lowest BCUT2D eigenvalue weighted by Gasteiger charge is -2.37. The molecular formula is C28H37N5O3. The van der Waals surface area contributed by atoms with Crippen molar-refractivity contribution < 1.29 is 14.3 Å². The van der Waals surface area contributed by atoms with E-state index in [1.165, 1.54) is 11.1 Å². The monoisotopic (exact) mass is 491 g/mol. The lowest BCUT2D eigenvalue weighted by molar-refractivity contribution is -0.149. The molecular weight excluding hydrogens is 454 g/mol. The number of methoxy groups -OCH3 is 1. The summed E-state index contributed by atoms with van der Waals surface area (Å²) in [5, 5.41) is 3.32. The Morgan fingerprint density at radius 1 is 1.08 bits per heavy atom. The molecule has 36 heavy (non-hydrogen) atoms. The molecule has 0 saturated carbocycles. The molecule has 2 unspecified atom stereocenters. The van der Waals surface area contributed by atoms with Gasteiger partial charge < -0.3 is 19.7 Å². The minimum Gasteiger partial charge on any atom is -0.497 e. The predicted octanol–water partition coefficient (Wildman–Crippen LogP) is 3.44. The maximum absolute atomic E-state index is 12.0. The fourth-order valence-electron chi connectivity index (χ4n) is 4.50. The second kappa shape index (κ2) is 12.6. The molecule has 1 fully saturated rings. The van der Waals surface area contributed by atoms with Crippen LogP contribution in [0.4, 0.5) is 5.69 Å². The van der Waals surface area contributed by atoms with Crippen LogP contribution in [-0.2, 0) is 16.0 Å². The molecule has 0 amide bonds. The first-order valence-electron chi connectivity index (χ1n) is 12.8. The van der Waals surface area contributed by atoms with Gasteiger partial charge in [-0.2, -0.15) is 0 Å². The Hall–Kier alpha value is -3.23. The summed E-state index contributed by atoms with van der Waals surface area (Å²) in [4.78, 5) is 25.8. The number of piperazine rings is 1. The lowest BCUT2D eigenvalue weighted by Crippen LogP contribution is -2.52. The second-order valence-corrected chi connectivity index (χ2v) is 9.20. The summed E-state index contributed by atoms with van der Waals surface area (Å²) in [6.07, 6.45) is 2.95. The van der Waals surface area contributed by atoms with Crippen molar-refractivity contribution in [3.63, 3.8) is 0 Å². The zero-order valence-corrected chi connectivity index (χ0v) is 21.5. The van der Waals surface area contributed by atoms with Gasteiger partial charge in [-0.1, -0.05) is 24.3 Å². The topological polar surface area (TPSA) is 78.8 Å². The van der Waals surface area contributed by atoms with Crippen LogP contribution >= 0.6 is 0 Å². The van der Waals surface area contributed by atoms with E-state index in [0.717, 1.165) is 50.6 Å². The van der Waals surface area contributed by atoms with Crippen molar-refractivity contribution in [1.29, 1.82) is 0 Å². The Labute approximate surface area is 214 Å².